The van der Waals surface area contributed by atoms with Gasteiger partial charge in [0.1, 0.15) is 0 Å². The molecule has 1 aliphatic carbocycles. The molecule has 5 heteroatoms. The summed E-state index contributed by atoms with van der Waals surface area (Å²) in [5.74, 6) is 0.855. The van der Waals surface area contributed by atoms with Gasteiger partial charge in [0.2, 0.25) is 0 Å². The van der Waals surface area contributed by atoms with E-state index in [0.29, 0.717) is 6.54 Å². The van der Waals surface area contributed by atoms with Gasteiger partial charge in [-0.3, -0.25) is 9.48 Å². The summed E-state index contributed by atoms with van der Waals surface area (Å²) in [5, 5.41) is 4.33. The third kappa shape index (κ3) is 3.60. The Labute approximate surface area is 121 Å². The van der Waals surface area contributed by atoms with Crippen LogP contribution >= 0.6 is 0 Å². The van der Waals surface area contributed by atoms with Crippen LogP contribution in [0.1, 0.15) is 48.7 Å². The zero-order valence-electron chi connectivity index (χ0n) is 12.6. The summed E-state index contributed by atoms with van der Waals surface area (Å²) in [7, 11) is 0. The molecule has 1 saturated carbocycles. The highest BCUT2D eigenvalue weighted by Gasteiger charge is 2.28. The van der Waals surface area contributed by atoms with Crippen molar-refractivity contribution in [1.29, 1.82) is 0 Å². The predicted molar refractivity (Wildman–Crippen MR) is 79.6 cm³/mol. The Morgan fingerprint density at radius 3 is 2.90 bits per heavy atom. The molecule has 0 saturated heterocycles. The minimum absolute atomic E-state index is 0.134. The molecule has 2 rings (SSSR count). The Balaban J connectivity index is 2.07. The standard InChI is InChI=1S/C15H26N4O/c1-3-8-18(11-13-5-6-13)15(20)14-10-17-19(12(14)2)9-4-7-16/h10,13H,3-9,11,16H2,1-2H3. The van der Waals surface area contributed by atoms with E-state index in [1.165, 1.54) is 12.8 Å². The Hall–Kier alpha value is -1.36. The lowest BCUT2D eigenvalue weighted by Gasteiger charge is -2.21. The van der Waals surface area contributed by atoms with E-state index in [1.807, 2.05) is 16.5 Å². The van der Waals surface area contributed by atoms with Crippen LogP contribution in [0.3, 0.4) is 0 Å². The second-order valence-corrected chi connectivity index (χ2v) is 5.70. The lowest BCUT2D eigenvalue weighted by Crippen LogP contribution is -2.34. The first kappa shape index (κ1) is 15.0. The third-order valence-electron chi connectivity index (χ3n) is 3.86. The smallest absolute Gasteiger partial charge is 0.257 e. The molecule has 0 aromatic carbocycles. The zero-order chi connectivity index (χ0) is 14.5. The van der Waals surface area contributed by atoms with Crippen LogP contribution in [0.15, 0.2) is 6.20 Å². The van der Waals surface area contributed by atoms with Gasteiger partial charge in [0, 0.05) is 25.3 Å². The van der Waals surface area contributed by atoms with Gasteiger partial charge in [0.15, 0.2) is 0 Å². The van der Waals surface area contributed by atoms with Gasteiger partial charge < -0.3 is 10.6 Å². The van der Waals surface area contributed by atoms with Crippen molar-refractivity contribution >= 4 is 5.91 Å². The Bertz CT molecular complexity index is 451. The second kappa shape index (κ2) is 6.88. The molecule has 0 bridgehead atoms. The summed E-state index contributed by atoms with van der Waals surface area (Å²) in [6, 6.07) is 0. The van der Waals surface area contributed by atoms with Crippen LogP contribution in [0.5, 0.6) is 0 Å². The molecule has 5 nitrogen and oxygen atoms in total. The largest absolute Gasteiger partial charge is 0.338 e. The van der Waals surface area contributed by atoms with E-state index in [-0.39, 0.29) is 5.91 Å². The summed E-state index contributed by atoms with van der Waals surface area (Å²) in [6.07, 6.45) is 6.13. The summed E-state index contributed by atoms with van der Waals surface area (Å²) in [6.45, 7) is 7.25. The Kier molecular flexibility index (Phi) is 5.17. The fraction of sp³-hybridized carbons (Fsp3) is 0.733. The third-order valence-corrected chi connectivity index (χ3v) is 3.86. The summed E-state index contributed by atoms with van der Waals surface area (Å²) in [4.78, 5) is 14.6. The van der Waals surface area contributed by atoms with Crippen LogP contribution in [-0.4, -0.2) is 40.2 Å². The highest BCUT2D eigenvalue weighted by atomic mass is 16.2. The number of nitrogens with two attached hydrogens (primary N) is 1. The number of carbonyl (C=O) groups excluding carboxylic acids is 1. The van der Waals surface area contributed by atoms with E-state index in [2.05, 4.69) is 12.0 Å². The fourth-order valence-corrected chi connectivity index (χ4v) is 2.45. The number of hydrogen-bond donors (Lipinski definition) is 1. The van der Waals surface area contributed by atoms with E-state index in [0.717, 1.165) is 49.7 Å². The Morgan fingerprint density at radius 2 is 2.30 bits per heavy atom. The number of aryl methyl sites for hydroxylation is 1. The van der Waals surface area contributed by atoms with E-state index < -0.39 is 0 Å². The number of hydrogen-bond acceptors (Lipinski definition) is 3. The van der Waals surface area contributed by atoms with Crippen molar-refractivity contribution < 1.29 is 4.79 Å². The van der Waals surface area contributed by atoms with Gasteiger partial charge in [-0.05, 0) is 45.1 Å². The Morgan fingerprint density at radius 1 is 1.55 bits per heavy atom. The monoisotopic (exact) mass is 278 g/mol. The van der Waals surface area contributed by atoms with Crippen LogP contribution in [0.2, 0.25) is 0 Å². The van der Waals surface area contributed by atoms with Crippen LogP contribution in [-0.2, 0) is 6.54 Å². The van der Waals surface area contributed by atoms with Crippen molar-refractivity contribution in [3.8, 4) is 0 Å². The highest BCUT2D eigenvalue weighted by Crippen LogP contribution is 2.30. The minimum atomic E-state index is 0.134. The SMILES string of the molecule is CCCN(CC1CC1)C(=O)c1cnn(CCCN)c1C. The average Bonchev–Trinajstić information content (AvgIpc) is 3.18. The van der Waals surface area contributed by atoms with Gasteiger partial charge >= 0.3 is 0 Å². The van der Waals surface area contributed by atoms with Crippen LogP contribution < -0.4 is 5.73 Å². The number of nitrogens with zero attached hydrogens (tertiary/aromatic N) is 3. The molecule has 0 spiro atoms. The topological polar surface area (TPSA) is 64.2 Å². The van der Waals surface area contributed by atoms with E-state index in [1.54, 1.807) is 6.20 Å². The quantitative estimate of drug-likeness (QED) is 0.788. The maximum Gasteiger partial charge on any atom is 0.257 e. The zero-order valence-corrected chi connectivity index (χ0v) is 12.6. The van der Waals surface area contributed by atoms with Gasteiger partial charge in [0.05, 0.1) is 11.8 Å². The van der Waals surface area contributed by atoms with Crippen molar-refractivity contribution in [3.05, 3.63) is 17.5 Å². The lowest BCUT2D eigenvalue weighted by atomic mass is 10.2. The number of aromatic nitrogens is 2. The highest BCUT2D eigenvalue weighted by molar-refractivity contribution is 5.95. The van der Waals surface area contributed by atoms with Gasteiger partial charge in [-0.15, -0.1) is 0 Å². The molecule has 0 unspecified atom stereocenters. The van der Waals surface area contributed by atoms with Crippen molar-refractivity contribution in [2.75, 3.05) is 19.6 Å². The van der Waals surface area contributed by atoms with Crippen molar-refractivity contribution in [2.45, 2.75) is 46.1 Å². The number of rotatable bonds is 8. The molecule has 1 aromatic heterocycles. The maximum absolute atomic E-state index is 12.7. The first-order valence-corrected chi connectivity index (χ1v) is 7.69. The normalized spacial score (nSPS) is 14.6. The van der Waals surface area contributed by atoms with Gasteiger partial charge in [0.25, 0.3) is 5.91 Å². The average molecular weight is 278 g/mol. The summed E-state index contributed by atoms with van der Waals surface area (Å²) in [5.41, 5.74) is 7.23. The summed E-state index contributed by atoms with van der Waals surface area (Å²) >= 11 is 0. The maximum atomic E-state index is 12.7. The van der Waals surface area contributed by atoms with Crippen molar-refractivity contribution in [2.24, 2.45) is 11.7 Å². The van der Waals surface area contributed by atoms with Crippen LogP contribution in [0, 0.1) is 12.8 Å². The molecule has 1 fully saturated rings. The molecule has 20 heavy (non-hydrogen) atoms. The van der Waals surface area contributed by atoms with Crippen molar-refractivity contribution in [3.63, 3.8) is 0 Å². The second-order valence-electron chi connectivity index (χ2n) is 5.70. The molecule has 112 valence electrons. The van der Waals surface area contributed by atoms with Crippen LogP contribution in [0.25, 0.3) is 0 Å². The minimum Gasteiger partial charge on any atom is -0.338 e. The first-order valence-electron chi connectivity index (χ1n) is 7.69. The molecule has 0 atom stereocenters. The van der Waals surface area contributed by atoms with Crippen molar-refractivity contribution in [1.82, 2.24) is 14.7 Å². The molecular formula is C15H26N4O. The van der Waals surface area contributed by atoms with Gasteiger partial charge in [-0.2, -0.15) is 5.10 Å². The predicted octanol–water partition coefficient (Wildman–Crippen LogP) is 1.80. The molecule has 1 aliphatic rings. The van der Waals surface area contributed by atoms with Crippen LogP contribution in [0.4, 0.5) is 0 Å². The van der Waals surface area contributed by atoms with E-state index >= 15 is 0 Å². The molecule has 2 N–H and O–H groups in total. The van der Waals surface area contributed by atoms with Gasteiger partial charge in [-0.1, -0.05) is 6.92 Å². The summed E-state index contributed by atoms with van der Waals surface area (Å²) < 4.78 is 1.89. The molecule has 0 radical (unpaired) electrons. The molecule has 0 aliphatic heterocycles. The lowest BCUT2D eigenvalue weighted by molar-refractivity contribution is 0.0747. The molecule has 1 heterocycles. The van der Waals surface area contributed by atoms with Gasteiger partial charge in [-0.25, -0.2) is 0 Å². The number of amides is 1. The fourth-order valence-electron chi connectivity index (χ4n) is 2.45. The molecule has 1 amide bonds. The molecular weight excluding hydrogens is 252 g/mol. The number of carbonyl (C=O) groups is 1. The van der Waals surface area contributed by atoms with E-state index in [9.17, 15) is 4.79 Å². The molecule has 1 aromatic rings. The van der Waals surface area contributed by atoms with E-state index in [4.69, 9.17) is 5.73 Å². The first-order chi connectivity index (χ1) is 9.67.